The van der Waals surface area contributed by atoms with Gasteiger partial charge in [0.15, 0.2) is 6.10 Å². The van der Waals surface area contributed by atoms with Crippen molar-refractivity contribution < 1.29 is 28.6 Å². The van der Waals surface area contributed by atoms with Crippen LogP contribution in [0.3, 0.4) is 0 Å². The fourth-order valence-electron chi connectivity index (χ4n) is 9.04. The van der Waals surface area contributed by atoms with Crippen molar-refractivity contribution in [2.24, 2.45) is 0 Å². The molecule has 0 spiro atoms. The van der Waals surface area contributed by atoms with E-state index in [-0.39, 0.29) is 31.6 Å². The fourth-order valence-corrected chi connectivity index (χ4v) is 9.04. The molecule has 1 unspecified atom stereocenters. The minimum absolute atomic E-state index is 0.109. The monoisotopic (exact) mass is 1070 g/mol. The molecule has 0 rings (SSSR count). The van der Waals surface area contributed by atoms with Crippen molar-refractivity contribution in [3.8, 4) is 0 Å². The number of ether oxygens (including phenoxy) is 3. The van der Waals surface area contributed by atoms with E-state index in [0.29, 0.717) is 12.8 Å². The number of hydrogen-bond donors (Lipinski definition) is 0. The summed E-state index contributed by atoms with van der Waals surface area (Å²) in [4.78, 5) is 38.3. The SMILES string of the molecule is CC/C=C\C/C=C\C/C=C\C/C=C\C/C=C\CC(=O)OCC(COC(=O)CCCCCCCCCCCC/C=C\C/C=C\C/C=C\C/C=C\CC)OC(=O)CCCCCCCCCCCCCCCCCCCCCCC. The molecule has 0 heterocycles. The van der Waals surface area contributed by atoms with Crippen LogP contribution in [0.4, 0.5) is 0 Å². The van der Waals surface area contributed by atoms with Crippen molar-refractivity contribution in [1.82, 2.24) is 0 Å². The molecule has 0 aromatic rings. The number of hydrogen-bond acceptors (Lipinski definition) is 6. The first-order valence-electron chi connectivity index (χ1n) is 32.4. The molecular formula is C71H120O6. The molecule has 0 fully saturated rings. The lowest BCUT2D eigenvalue weighted by molar-refractivity contribution is -0.166. The van der Waals surface area contributed by atoms with Crippen molar-refractivity contribution in [2.75, 3.05) is 13.2 Å². The summed E-state index contributed by atoms with van der Waals surface area (Å²) < 4.78 is 16.8. The lowest BCUT2D eigenvalue weighted by Gasteiger charge is -2.18. The smallest absolute Gasteiger partial charge is 0.309 e. The number of esters is 3. The van der Waals surface area contributed by atoms with Gasteiger partial charge in [0, 0.05) is 12.8 Å². The van der Waals surface area contributed by atoms with E-state index in [2.05, 4.69) is 118 Å². The van der Waals surface area contributed by atoms with Gasteiger partial charge in [0.05, 0.1) is 6.42 Å². The molecule has 6 heteroatoms. The maximum atomic E-state index is 12.9. The molecule has 0 aliphatic carbocycles. The Hall–Kier alpha value is -3.93. The van der Waals surface area contributed by atoms with E-state index in [9.17, 15) is 14.4 Å². The van der Waals surface area contributed by atoms with Gasteiger partial charge >= 0.3 is 17.9 Å². The van der Waals surface area contributed by atoms with Crippen molar-refractivity contribution in [2.45, 2.75) is 309 Å². The Morgan fingerprint density at radius 1 is 0.286 bits per heavy atom. The summed E-state index contributed by atoms with van der Waals surface area (Å²) in [5.74, 6) is -1.04. The zero-order chi connectivity index (χ0) is 55.7. The fraction of sp³-hybridized carbons (Fsp3) is 0.704. The van der Waals surface area contributed by atoms with E-state index in [1.54, 1.807) is 6.08 Å². The number of allylic oxidation sites excluding steroid dienone is 17. The summed E-state index contributed by atoms with van der Waals surface area (Å²) in [5, 5.41) is 0. The van der Waals surface area contributed by atoms with Crippen LogP contribution >= 0.6 is 0 Å². The Morgan fingerprint density at radius 2 is 0.558 bits per heavy atom. The minimum Gasteiger partial charge on any atom is -0.462 e. The minimum atomic E-state index is -0.821. The zero-order valence-corrected chi connectivity index (χ0v) is 50.4. The van der Waals surface area contributed by atoms with Crippen molar-refractivity contribution in [3.05, 3.63) is 109 Å². The van der Waals surface area contributed by atoms with E-state index in [1.807, 2.05) is 6.08 Å². The Labute approximate surface area is 476 Å². The second kappa shape index (κ2) is 64.6. The average Bonchev–Trinajstić information content (AvgIpc) is 3.43. The van der Waals surface area contributed by atoms with Crippen LogP contribution in [0.2, 0.25) is 0 Å². The molecule has 0 amide bonds. The number of carbonyl (C=O) groups is 3. The highest BCUT2D eigenvalue weighted by Gasteiger charge is 2.19. The van der Waals surface area contributed by atoms with Gasteiger partial charge in [-0.25, -0.2) is 0 Å². The van der Waals surface area contributed by atoms with Gasteiger partial charge in [0.25, 0.3) is 0 Å². The van der Waals surface area contributed by atoms with E-state index < -0.39 is 12.1 Å². The molecule has 0 aliphatic rings. The molecule has 0 aromatic heterocycles. The van der Waals surface area contributed by atoms with Crippen LogP contribution in [0.25, 0.3) is 0 Å². The number of unbranched alkanes of at least 4 members (excludes halogenated alkanes) is 30. The molecule has 0 N–H and O–H groups in total. The Morgan fingerprint density at radius 3 is 0.909 bits per heavy atom. The molecule has 0 bridgehead atoms. The van der Waals surface area contributed by atoms with Crippen LogP contribution in [-0.4, -0.2) is 37.2 Å². The second-order valence-electron chi connectivity index (χ2n) is 21.3. The van der Waals surface area contributed by atoms with Gasteiger partial charge < -0.3 is 14.2 Å². The topological polar surface area (TPSA) is 78.9 Å². The first kappa shape index (κ1) is 73.1. The summed E-state index contributed by atoms with van der Waals surface area (Å²) in [6.45, 7) is 6.36. The van der Waals surface area contributed by atoms with Crippen LogP contribution in [0.15, 0.2) is 109 Å². The second-order valence-corrected chi connectivity index (χ2v) is 21.3. The Kier molecular flexibility index (Phi) is 61.3. The summed E-state index contributed by atoms with van der Waals surface area (Å²) in [5.41, 5.74) is 0. The van der Waals surface area contributed by atoms with Crippen LogP contribution < -0.4 is 0 Å². The van der Waals surface area contributed by atoms with E-state index in [1.165, 1.54) is 167 Å². The standard InChI is InChI=1S/C71H120O6/c1-4-7-10-13-16-19-22-25-28-30-32-34-35-37-38-40-43-46-49-52-55-58-61-64-70(73)76-67-68(66-75-69(72)63-60-57-54-51-48-45-42-27-24-21-18-15-12-9-6-3)77-71(74)65-62-59-56-53-50-47-44-41-39-36-33-31-29-26-23-20-17-14-11-8-5-2/h7,9-10,12,16,18-19,21,25,27-28,32,34,42,48,51,57,60,68H,4-6,8,11,13-15,17,20,22-24,26,29-31,33,35-41,43-47,49-50,52-56,58-59,61-67H2,1-3H3/b10-7-,12-9-,19-16-,21-18-,28-25-,34-32-,42-27-,51-48-,60-57-. The quantitative estimate of drug-likeness (QED) is 0.0261. The summed E-state index contributed by atoms with van der Waals surface area (Å²) in [6, 6.07) is 0. The average molecular weight is 1070 g/mol. The summed E-state index contributed by atoms with van der Waals surface area (Å²) in [6.07, 6.45) is 88.4. The largest absolute Gasteiger partial charge is 0.462 e. The number of rotatable bonds is 58. The zero-order valence-electron chi connectivity index (χ0n) is 50.4. The molecule has 0 aromatic carbocycles. The van der Waals surface area contributed by atoms with Crippen molar-refractivity contribution >= 4 is 17.9 Å². The van der Waals surface area contributed by atoms with Crippen molar-refractivity contribution in [1.29, 1.82) is 0 Å². The highest BCUT2D eigenvalue weighted by Crippen LogP contribution is 2.17. The van der Waals surface area contributed by atoms with E-state index >= 15 is 0 Å². The van der Waals surface area contributed by atoms with Gasteiger partial charge in [0.1, 0.15) is 13.2 Å². The molecule has 0 saturated heterocycles. The summed E-state index contributed by atoms with van der Waals surface area (Å²) >= 11 is 0. The third-order valence-corrected chi connectivity index (χ3v) is 13.8. The predicted octanol–water partition coefficient (Wildman–Crippen LogP) is 22.2. The molecule has 0 radical (unpaired) electrons. The molecular weight excluding hydrogens is 949 g/mol. The number of carbonyl (C=O) groups excluding carboxylic acids is 3. The molecule has 0 aliphatic heterocycles. The Bertz CT molecular complexity index is 1560. The van der Waals surface area contributed by atoms with E-state index in [4.69, 9.17) is 14.2 Å². The highest BCUT2D eigenvalue weighted by atomic mass is 16.6. The van der Waals surface area contributed by atoms with Gasteiger partial charge in [-0.3, -0.25) is 14.4 Å². The van der Waals surface area contributed by atoms with Gasteiger partial charge in [-0.15, -0.1) is 0 Å². The molecule has 77 heavy (non-hydrogen) atoms. The van der Waals surface area contributed by atoms with Gasteiger partial charge in [0.2, 0.25) is 0 Å². The first-order valence-corrected chi connectivity index (χ1v) is 32.4. The third kappa shape index (κ3) is 62.8. The molecule has 0 saturated carbocycles. The van der Waals surface area contributed by atoms with Gasteiger partial charge in [-0.1, -0.05) is 310 Å². The van der Waals surface area contributed by atoms with Crippen LogP contribution in [-0.2, 0) is 28.6 Å². The molecule has 6 nitrogen and oxygen atoms in total. The Balaban J connectivity index is 4.41. The summed E-state index contributed by atoms with van der Waals surface area (Å²) in [7, 11) is 0. The lowest BCUT2D eigenvalue weighted by Crippen LogP contribution is -2.30. The normalized spacial score (nSPS) is 12.8. The molecule has 1 atom stereocenters. The van der Waals surface area contributed by atoms with Crippen LogP contribution in [0, 0.1) is 0 Å². The predicted molar refractivity (Wildman–Crippen MR) is 334 cm³/mol. The van der Waals surface area contributed by atoms with Gasteiger partial charge in [-0.05, 0) is 83.5 Å². The van der Waals surface area contributed by atoms with Crippen LogP contribution in [0.5, 0.6) is 0 Å². The van der Waals surface area contributed by atoms with Gasteiger partial charge in [-0.2, -0.15) is 0 Å². The van der Waals surface area contributed by atoms with Crippen molar-refractivity contribution in [3.63, 3.8) is 0 Å². The maximum absolute atomic E-state index is 12.9. The third-order valence-electron chi connectivity index (χ3n) is 13.8. The maximum Gasteiger partial charge on any atom is 0.309 e. The molecule has 440 valence electrons. The van der Waals surface area contributed by atoms with E-state index in [0.717, 1.165) is 96.3 Å². The highest BCUT2D eigenvalue weighted by molar-refractivity contribution is 5.72. The van der Waals surface area contributed by atoms with Crippen LogP contribution in [0.1, 0.15) is 303 Å². The first-order chi connectivity index (χ1) is 38.0. The lowest BCUT2D eigenvalue weighted by atomic mass is 10.0.